The van der Waals surface area contributed by atoms with Gasteiger partial charge >= 0.3 is 0 Å². The molecule has 1 heteroatoms. The largest absolute Gasteiger partial charge is 0.390 e. The fourth-order valence-corrected chi connectivity index (χ4v) is 8.54. The van der Waals surface area contributed by atoms with Crippen LogP contribution in [0, 0.1) is 46.8 Å². The van der Waals surface area contributed by atoms with Crippen molar-refractivity contribution in [2.45, 2.75) is 90.6 Å². The fraction of sp³-hybridized carbons (Fsp3) is 0.917. The predicted octanol–water partition coefficient (Wildman–Crippen LogP) is 5.97. The first-order valence-electron chi connectivity index (χ1n) is 11.3. The molecule has 1 nitrogen and oxygen atoms in total. The minimum absolute atomic E-state index is 0.376. The molecule has 140 valence electrons. The Morgan fingerprint density at radius 3 is 2.28 bits per heavy atom. The third-order valence-electron chi connectivity index (χ3n) is 9.71. The van der Waals surface area contributed by atoms with Gasteiger partial charge in [-0.15, -0.1) is 0 Å². The summed E-state index contributed by atoms with van der Waals surface area (Å²) in [7, 11) is 0. The van der Waals surface area contributed by atoms with Crippen LogP contribution >= 0.6 is 0 Å². The molecule has 0 aromatic rings. The number of rotatable bonds is 1. The SMILES string of the molecule is C/C=C1\CC(C2CC2)[C@H]2[C@@H]3CC[C@@H]4C[C@](C)(O)CC[C@@H]4[C@H]3CC[C@]12C. The molecule has 0 heterocycles. The lowest BCUT2D eigenvalue weighted by Gasteiger charge is -2.57. The van der Waals surface area contributed by atoms with Crippen molar-refractivity contribution in [3.8, 4) is 0 Å². The van der Waals surface area contributed by atoms with E-state index >= 15 is 0 Å². The van der Waals surface area contributed by atoms with Gasteiger partial charge < -0.3 is 5.11 Å². The van der Waals surface area contributed by atoms with Crippen molar-refractivity contribution in [2.24, 2.45) is 46.8 Å². The summed E-state index contributed by atoms with van der Waals surface area (Å²) in [4.78, 5) is 0. The zero-order valence-corrected chi connectivity index (χ0v) is 16.6. The normalized spacial score (nSPS) is 57.0. The first-order valence-corrected chi connectivity index (χ1v) is 11.3. The molecular formula is C24H38O. The van der Waals surface area contributed by atoms with Crippen molar-refractivity contribution >= 4 is 0 Å². The van der Waals surface area contributed by atoms with Crippen molar-refractivity contribution < 1.29 is 5.11 Å². The van der Waals surface area contributed by atoms with E-state index in [1.54, 1.807) is 0 Å². The highest BCUT2D eigenvalue weighted by molar-refractivity contribution is 5.26. The molecule has 5 rings (SSSR count). The Hall–Kier alpha value is -0.300. The zero-order valence-electron chi connectivity index (χ0n) is 16.6. The number of fused-ring (bicyclic) bond motifs is 5. The quantitative estimate of drug-likeness (QED) is 0.582. The molecule has 0 amide bonds. The van der Waals surface area contributed by atoms with E-state index in [4.69, 9.17) is 0 Å². The van der Waals surface area contributed by atoms with Crippen molar-refractivity contribution in [1.29, 1.82) is 0 Å². The topological polar surface area (TPSA) is 20.2 Å². The lowest BCUT2D eigenvalue weighted by Crippen LogP contribution is -2.51. The van der Waals surface area contributed by atoms with Gasteiger partial charge in [0.2, 0.25) is 0 Å². The van der Waals surface area contributed by atoms with Crippen LogP contribution in [-0.2, 0) is 0 Å². The van der Waals surface area contributed by atoms with Crippen LogP contribution < -0.4 is 0 Å². The second-order valence-electron chi connectivity index (χ2n) is 11.1. The molecular weight excluding hydrogens is 304 g/mol. The van der Waals surface area contributed by atoms with Gasteiger partial charge in [-0.2, -0.15) is 0 Å². The third-order valence-corrected chi connectivity index (χ3v) is 9.71. The molecule has 0 radical (unpaired) electrons. The van der Waals surface area contributed by atoms with Crippen LogP contribution in [0.15, 0.2) is 11.6 Å². The Morgan fingerprint density at radius 1 is 0.840 bits per heavy atom. The number of hydrogen-bond acceptors (Lipinski definition) is 1. The lowest BCUT2D eigenvalue weighted by atomic mass is 9.48. The maximum atomic E-state index is 10.6. The third kappa shape index (κ3) is 2.51. The zero-order chi connectivity index (χ0) is 17.4. The fourth-order valence-electron chi connectivity index (χ4n) is 8.54. The molecule has 0 spiro atoms. The lowest BCUT2D eigenvalue weighted by molar-refractivity contribution is -0.0980. The molecule has 1 unspecified atom stereocenters. The molecule has 5 fully saturated rings. The maximum absolute atomic E-state index is 10.6. The number of hydrogen-bond donors (Lipinski definition) is 1. The monoisotopic (exact) mass is 342 g/mol. The minimum atomic E-state index is -0.376. The Kier molecular flexibility index (Phi) is 3.77. The second kappa shape index (κ2) is 5.60. The van der Waals surface area contributed by atoms with E-state index in [-0.39, 0.29) is 5.60 Å². The minimum Gasteiger partial charge on any atom is -0.390 e. The maximum Gasteiger partial charge on any atom is 0.0622 e. The molecule has 5 aliphatic carbocycles. The highest BCUT2D eigenvalue weighted by Crippen LogP contribution is 2.68. The number of aliphatic hydroxyl groups is 1. The Labute approximate surface area is 154 Å². The Bertz CT molecular complexity index is 571. The van der Waals surface area contributed by atoms with E-state index in [2.05, 4.69) is 26.8 Å². The Morgan fingerprint density at radius 2 is 1.56 bits per heavy atom. The van der Waals surface area contributed by atoms with Crippen LogP contribution in [0.5, 0.6) is 0 Å². The van der Waals surface area contributed by atoms with Gasteiger partial charge in [-0.3, -0.25) is 0 Å². The summed E-state index contributed by atoms with van der Waals surface area (Å²) in [6.45, 7) is 7.04. The average Bonchev–Trinajstić information content (AvgIpc) is 3.36. The van der Waals surface area contributed by atoms with Gasteiger partial charge in [0.15, 0.2) is 0 Å². The van der Waals surface area contributed by atoms with E-state index in [1.807, 2.05) is 5.57 Å². The molecule has 5 aliphatic rings. The summed E-state index contributed by atoms with van der Waals surface area (Å²) in [5.41, 5.74) is 1.97. The van der Waals surface area contributed by atoms with Gasteiger partial charge in [-0.1, -0.05) is 18.6 Å². The molecule has 25 heavy (non-hydrogen) atoms. The van der Waals surface area contributed by atoms with E-state index in [0.29, 0.717) is 5.41 Å². The van der Waals surface area contributed by atoms with Gasteiger partial charge in [0.1, 0.15) is 0 Å². The van der Waals surface area contributed by atoms with Crippen LogP contribution in [0.2, 0.25) is 0 Å². The van der Waals surface area contributed by atoms with Gasteiger partial charge in [0.25, 0.3) is 0 Å². The molecule has 0 aromatic carbocycles. The highest BCUT2D eigenvalue weighted by atomic mass is 16.3. The second-order valence-corrected chi connectivity index (χ2v) is 11.1. The Balaban J connectivity index is 1.45. The summed E-state index contributed by atoms with van der Waals surface area (Å²) in [5, 5.41) is 10.6. The van der Waals surface area contributed by atoms with Crippen LogP contribution in [0.4, 0.5) is 0 Å². The predicted molar refractivity (Wildman–Crippen MR) is 103 cm³/mol. The van der Waals surface area contributed by atoms with Gasteiger partial charge in [0, 0.05) is 0 Å². The van der Waals surface area contributed by atoms with E-state index in [1.165, 1.54) is 51.4 Å². The van der Waals surface area contributed by atoms with E-state index < -0.39 is 0 Å². The van der Waals surface area contributed by atoms with Crippen LogP contribution in [-0.4, -0.2) is 10.7 Å². The molecule has 1 N–H and O–H groups in total. The summed E-state index contributed by atoms with van der Waals surface area (Å²) >= 11 is 0. The van der Waals surface area contributed by atoms with E-state index in [0.717, 1.165) is 54.3 Å². The molecule has 0 saturated heterocycles. The first-order chi connectivity index (χ1) is 11.9. The average molecular weight is 343 g/mol. The molecule has 5 saturated carbocycles. The smallest absolute Gasteiger partial charge is 0.0622 e. The summed E-state index contributed by atoms with van der Waals surface area (Å²) < 4.78 is 0. The van der Waals surface area contributed by atoms with Gasteiger partial charge in [-0.25, -0.2) is 0 Å². The molecule has 0 bridgehead atoms. The van der Waals surface area contributed by atoms with Crippen molar-refractivity contribution in [3.05, 3.63) is 11.6 Å². The van der Waals surface area contributed by atoms with E-state index in [9.17, 15) is 5.11 Å². The molecule has 0 aromatic heterocycles. The van der Waals surface area contributed by atoms with Crippen molar-refractivity contribution in [2.75, 3.05) is 0 Å². The first kappa shape index (κ1) is 16.8. The standard InChI is InChI=1S/C24H38O/c1-4-17-13-21(15-5-6-15)22-20-8-7-16-14-23(2,25)11-9-18(16)19(20)10-12-24(17,22)3/h4,15-16,18-22,25H,5-14H2,1-3H3/b17-4+/t16-,18+,19-,20-,21?,22-,23-,24-/m1/s1. The summed E-state index contributed by atoms with van der Waals surface area (Å²) in [6, 6.07) is 0. The van der Waals surface area contributed by atoms with Crippen molar-refractivity contribution in [1.82, 2.24) is 0 Å². The van der Waals surface area contributed by atoms with Crippen LogP contribution in [0.25, 0.3) is 0 Å². The van der Waals surface area contributed by atoms with Gasteiger partial charge in [0.05, 0.1) is 5.60 Å². The van der Waals surface area contributed by atoms with Gasteiger partial charge in [-0.05, 0) is 125 Å². The molecule has 8 atom stereocenters. The van der Waals surface area contributed by atoms with Crippen molar-refractivity contribution in [3.63, 3.8) is 0 Å². The number of allylic oxidation sites excluding steroid dienone is 2. The summed E-state index contributed by atoms with van der Waals surface area (Å²) in [5.74, 6) is 6.76. The molecule has 0 aliphatic heterocycles. The summed E-state index contributed by atoms with van der Waals surface area (Å²) in [6.07, 6.45) is 16.2. The van der Waals surface area contributed by atoms with Crippen LogP contribution in [0.1, 0.15) is 85.0 Å². The van der Waals surface area contributed by atoms with Crippen LogP contribution in [0.3, 0.4) is 0 Å². The highest BCUT2D eigenvalue weighted by Gasteiger charge is 2.60.